The number of rotatable bonds is 2. The fraction of sp³-hybridized carbons (Fsp3) is 0.143. The summed E-state index contributed by atoms with van der Waals surface area (Å²) in [5, 5.41) is 4.80. The Balaban J connectivity index is 2.09. The zero-order chi connectivity index (χ0) is 15.9. The van der Waals surface area contributed by atoms with Crippen LogP contribution in [0.1, 0.15) is 0 Å². The highest BCUT2D eigenvalue weighted by Gasteiger charge is 2.38. The van der Waals surface area contributed by atoms with E-state index in [0.29, 0.717) is 20.8 Å². The van der Waals surface area contributed by atoms with Crippen molar-refractivity contribution in [3.8, 4) is 0 Å². The van der Waals surface area contributed by atoms with E-state index < -0.39 is 12.7 Å². The van der Waals surface area contributed by atoms with Gasteiger partial charge in [0.15, 0.2) is 0 Å². The molecule has 2 aromatic carbocycles. The number of nitrogens with zero attached hydrogens (tertiary/aromatic N) is 2. The smallest absolute Gasteiger partial charge is 0.206 e. The van der Waals surface area contributed by atoms with Crippen LogP contribution in [0.5, 0.6) is 0 Å². The normalized spacial score (nSPS) is 21.5. The molecule has 2 unspecified atom stereocenters. The molecule has 1 aliphatic heterocycles. The van der Waals surface area contributed by atoms with E-state index in [0.717, 1.165) is 5.69 Å². The molecule has 1 aliphatic rings. The van der Waals surface area contributed by atoms with Crippen molar-refractivity contribution in [3.05, 3.63) is 57.5 Å². The lowest BCUT2D eigenvalue weighted by atomic mass is 10.3. The fourth-order valence-corrected chi connectivity index (χ4v) is 3.01. The third kappa shape index (κ3) is 2.72. The molecule has 0 saturated carbocycles. The van der Waals surface area contributed by atoms with Crippen LogP contribution in [0.4, 0.5) is 11.4 Å². The third-order valence-corrected chi connectivity index (χ3v) is 4.11. The number of hydrogen-bond donors (Lipinski definition) is 2. The monoisotopic (exact) mass is 358 g/mol. The summed E-state index contributed by atoms with van der Waals surface area (Å²) in [4.78, 5) is 0. The molecule has 2 aromatic rings. The molecule has 22 heavy (non-hydrogen) atoms. The van der Waals surface area contributed by atoms with Crippen molar-refractivity contribution in [2.45, 2.75) is 12.7 Å². The summed E-state index contributed by atoms with van der Waals surface area (Å²) < 4.78 is 5.49. The van der Waals surface area contributed by atoms with Crippen LogP contribution in [-0.4, -0.2) is 12.7 Å². The number of benzene rings is 2. The van der Waals surface area contributed by atoms with Gasteiger partial charge in [-0.2, -0.15) is 0 Å². The largest absolute Gasteiger partial charge is 0.305 e. The Labute approximate surface area is 142 Å². The van der Waals surface area contributed by atoms with Gasteiger partial charge in [0.1, 0.15) is 0 Å². The molecule has 0 bridgehead atoms. The second kappa shape index (κ2) is 6.12. The molecule has 1 fully saturated rings. The number of anilines is 2. The maximum atomic E-state index is 6.27. The van der Waals surface area contributed by atoms with Gasteiger partial charge in [0.05, 0.1) is 21.4 Å². The van der Waals surface area contributed by atoms with E-state index in [4.69, 9.17) is 51.0 Å². The van der Waals surface area contributed by atoms with E-state index >= 15 is 0 Å². The summed E-state index contributed by atoms with van der Waals surface area (Å²) in [7, 11) is 0. The quantitative estimate of drug-likeness (QED) is 0.860. The summed E-state index contributed by atoms with van der Waals surface area (Å²) in [5.41, 5.74) is 13.3. The second-order valence-corrected chi connectivity index (χ2v) is 5.90. The van der Waals surface area contributed by atoms with Crippen LogP contribution < -0.4 is 21.5 Å². The average molecular weight is 360 g/mol. The Morgan fingerprint density at radius 3 is 1.95 bits per heavy atom. The molecule has 0 amide bonds. The minimum Gasteiger partial charge on any atom is -0.305 e. The first kappa shape index (κ1) is 15.7. The Morgan fingerprint density at radius 1 is 0.818 bits per heavy atom. The summed E-state index contributed by atoms with van der Waals surface area (Å²) in [6.45, 7) is 0. The van der Waals surface area contributed by atoms with Crippen molar-refractivity contribution in [1.29, 1.82) is 0 Å². The molecular weight excluding hydrogens is 347 g/mol. The maximum Gasteiger partial charge on any atom is 0.206 e. The number of nitrogens with two attached hydrogens (primary N) is 2. The van der Waals surface area contributed by atoms with Crippen molar-refractivity contribution in [3.63, 3.8) is 0 Å². The number of halogens is 3. The summed E-state index contributed by atoms with van der Waals surface area (Å²) in [6.07, 6.45) is -1.59. The van der Waals surface area contributed by atoms with Gasteiger partial charge in [-0.15, -0.1) is 0 Å². The van der Waals surface area contributed by atoms with Gasteiger partial charge in [-0.1, -0.05) is 40.9 Å². The van der Waals surface area contributed by atoms with Crippen LogP contribution >= 0.6 is 34.8 Å². The zero-order valence-corrected chi connectivity index (χ0v) is 13.6. The van der Waals surface area contributed by atoms with Gasteiger partial charge < -0.3 is 4.74 Å². The number of para-hydroxylation sites is 1. The van der Waals surface area contributed by atoms with Gasteiger partial charge >= 0.3 is 0 Å². The van der Waals surface area contributed by atoms with Crippen molar-refractivity contribution >= 4 is 46.2 Å². The highest BCUT2D eigenvalue weighted by Crippen LogP contribution is 2.39. The highest BCUT2D eigenvalue weighted by atomic mass is 35.5. The first-order valence-electron chi connectivity index (χ1n) is 6.43. The standard InChI is InChI=1S/C14H13Cl3N4O/c15-8-4-6-9(7-5-8)20-13(18)22-14(19)21(20)12-10(16)2-1-3-11(12)17/h1-7,13-14H,18-19H2. The number of hydrazine groups is 1. The lowest BCUT2D eigenvalue weighted by molar-refractivity contribution is 0.0541. The summed E-state index contributed by atoms with van der Waals surface area (Å²) in [5.74, 6) is 0. The molecule has 8 heteroatoms. The molecular formula is C14H13Cl3N4O. The van der Waals surface area contributed by atoms with Gasteiger partial charge in [-0.3, -0.25) is 11.5 Å². The number of ether oxygens (including phenoxy) is 1. The van der Waals surface area contributed by atoms with E-state index in [1.54, 1.807) is 52.5 Å². The Bertz CT molecular complexity index is 662. The number of hydrogen-bond acceptors (Lipinski definition) is 5. The summed E-state index contributed by atoms with van der Waals surface area (Å²) >= 11 is 18.5. The van der Waals surface area contributed by atoms with Crippen molar-refractivity contribution in [2.24, 2.45) is 11.5 Å². The lowest BCUT2D eigenvalue weighted by Crippen LogP contribution is -2.49. The van der Waals surface area contributed by atoms with Gasteiger partial charge in [-0.25, -0.2) is 10.0 Å². The highest BCUT2D eigenvalue weighted by molar-refractivity contribution is 6.39. The van der Waals surface area contributed by atoms with E-state index in [2.05, 4.69) is 0 Å². The fourth-order valence-electron chi connectivity index (χ4n) is 2.31. The van der Waals surface area contributed by atoms with E-state index in [1.165, 1.54) is 0 Å². The Hall–Kier alpha value is -1.21. The van der Waals surface area contributed by atoms with Crippen molar-refractivity contribution < 1.29 is 4.74 Å². The van der Waals surface area contributed by atoms with Crippen LogP contribution in [0.25, 0.3) is 0 Å². The first-order valence-corrected chi connectivity index (χ1v) is 7.57. The van der Waals surface area contributed by atoms with Gasteiger partial charge in [0.25, 0.3) is 0 Å². The molecule has 2 atom stereocenters. The van der Waals surface area contributed by atoms with E-state index in [-0.39, 0.29) is 0 Å². The molecule has 0 aromatic heterocycles. The van der Waals surface area contributed by atoms with Gasteiger partial charge in [0, 0.05) is 5.02 Å². The van der Waals surface area contributed by atoms with Crippen molar-refractivity contribution in [2.75, 3.05) is 10.0 Å². The molecule has 1 saturated heterocycles. The van der Waals surface area contributed by atoms with Crippen LogP contribution in [0.15, 0.2) is 42.5 Å². The third-order valence-electron chi connectivity index (χ3n) is 3.25. The first-order chi connectivity index (χ1) is 10.5. The Morgan fingerprint density at radius 2 is 1.36 bits per heavy atom. The lowest BCUT2D eigenvalue weighted by Gasteiger charge is -2.33. The van der Waals surface area contributed by atoms with Gasteiger partial charge in [0.2, 0.25) is 12.7 Å². The van der Waals surface area contributed by atoms with Crippen molar-refractivity contribution in [1.82, 2.24) is 0 Å². The minimum atomic E-state index is -0.817. The van der Waals surface area contributed by atoms with Crippen LogP contribution in [0, 0.1) is 0 Å². The van der Waals surface area contributed by atoms with E-state index in [9.17, 15) is 0 Å². The molecule has 4 N–H and O–H groups in total. The average Bonchev–Trinajstić information content (AvgIpc) is 2.75. The van der Waals surface area contributed by atoms with Crippen LogP contribution in [-0.2, 0) is 4.74 Å². The Kier molecular flexibility index (Phi) is 4.36. The predicted octanol–water partition coefficient (Wildman–Crippen LogP) is 3.39. The molecule has 0 radical (unpaired) electrons. The molecule has 3 rings (SSSR count). The SMILES string of the molecule is NC1OC(N)N(c2c(Cl)cccc2Cl)N1c1ccc(Cl)cc1. The maximum absolute atomic E-state index is 6.27. The van der Waals surface area contributed by atoms with Crippen LogP contribution in [0.2, 0.25) is 15.1 Å². The minimum absolute atomic E-state index is 0.444. The van der Waals surface area contributed by atoms with Crippen LogP contribution in [0.3, 0.4) is 0 Å². The second-order valence-electron chi connectivity index (χ2n) is 4.65. The molecule has 5 nitrogen and oxygen atoms in total. The summed E-state index contributed by atoms with van der Waals surface area (Å²) in [6, 6.07) is 12.3. The predicted molar refractivity (Wildman–Crippen MR) is 89.9 cm³/mol. The zero-order valence-electron chi connectivity index (χ0n) is 11.3. The molecule has 116 valence electrons. The molecule has 0 aliphatic carbocycles. The van der Waals surface area contributed by atoms with E-state index in [1.807, 2.05) is 0 Å². The van der Waals surface area contributed by atoms with Gasteiger partial charge in [-0.05, 0) is 36.4 Å². The topological polar surface area (TPSA) is 67.7 Å². The molecule has 1 heterocycles. The molecule has 0 spiro atoms.